The van der Waals surface area contributed by atoms with Crippen molar-refractivity contribution in [2.75, 3.05) is 23.8 Å². The highest BCUT2D eigenvalue weighted by Crippen LogP contribution is 2.28. The van der Waals surface area contributed by atoms with Gasteiger partial charge in [0.2, 0.25) is 0 Å². The number of nitrogens with one attached hydrogen (secondary N) is 2. The van der Waals surface area contributed by atoms with E-state index in [9.17, 15) is 17.6 Å². The summed E-state index contributed by atoms with van der Waals surface area (Å²) in [6.07, 6.45) is -3.09. The van der Waals surface area contributed by atoms with Crippen molar-refractivity contribution in [2.45, 2.75) is 19.1 Å². The largest absolute Gasteiger partial charge is 0.417 e. The molecule has 2 heterocycles. The van der Waals surface area contributed by atoms with Gasteiger partial charge in [0.05, 0.1) is 30.4 Å². The lowest BCUT2D eigenvalue weighted by atomic mass is 10.2. The first-order chi connectivity index (χ1) is 14.3. The average molecular weight is 421 g/mol. The van der Waals surface area contributed by atoms with Crippen LogP contribution < -0.4 is 10.6 Å². The predicted molar refractivity (Wildman–Crippen MR) is 107 cm³/mol. The number of hydrogen-bond donors (Lipinski definition) is 2. The van der Waals surface area contributed by atoms with Gasteiger partial charge in [-0.1, -0.05) is 12.1 Å². The van der Waals surface area contributed by atoms with E-state index in [0.717, 1.165) is 6.08 Å². The van der Waals surface area contributed by atoms with Crippen LogP contribution in [0.25, 0.3) is 11.4 Å². The summed E-state index contributed by atoms with van der Waals surface area (Å²) in [6, 6.07) is 7.55. The Kier molecular flexibility index (Phi) is 6.46. The predicted octanol–water partition coefficient (Wildman–Crippen LogP) is 4.56. The fraction of sp³-hybridized carbons (Fsp3) is 0.250. The third-order valence-corrected chi connectivity index (χ3v) is 4.09. The van der Waals surface area contributed by atoms with E-state index in [2.05, 4.69) is 32.3 Å². The molecule has 1 aromatic heterocycles. The molecule has 1 fully saturated rings. The number of anilines is 2. The zero-order valence-corrected chi connectivity index (χ0v) is 16.0. The van der Waals surface area contributed by atoms with Crippen LogP contribution in [0.15, 0.2) is 58.9 Å². The van der Waals surface area contributed by atoms with Gasteiger partial charge in [-0.3, -0.25) is 4.99 Å². The minimum atomic E-state index is -4.59. The molecule has 1 aliphatic rings. The highest BCUT2D eigenvalue weighted by atomic mass is 19.4. The number of alkyl halides is 3. The fourth-order valence-electron chi connectivity index (χ4n) is 2.64. The molecule has 1 saturated heterocycles. The van der Waals surface area contributed by atoms with Gasteiger partial charge < -0.3 is 15.4 Å². The molecular formula is C20H19F4N5O. The van der Waals surface area contributed by atoms with Gasteiger partial charge >= 0.3 is 6.18 Å². The SMILES string of the molecule is C=N/C=C(\C=C(/C)Nc1cc(NC2COC2)nc(-c2ccccc2F)n1)C(F)(F)F. The molecule has 0 spiro atoms. The number of ether oxygens (including phenoxy) is 1. The van der Waals surface area contributed by atoms with Crippen molar-refractivity contribution in [3.63, 3.8) is 0 Å². The van der Waals surface area contributed by atoms with E-state index in [0.29, 0.717) is 25.2 Å². The Labute approximate surface area is 170 Å². The van der Waals surface area contributed by atoms with Crippen molar-refractivity contribution in [1.29, 1.82) is 0 Å². The van der Waals surface area contributed by atoms with Crippen molar-refractivity contribution in [1.82, 2.24) is 9.97 Å². The van der Waals surface area contributed by atoms with E-state index in [-0.39, 0.29) is 28.9 Å². The summed E-state index contributed by atoms with van der Waals surface area (Å²) in [6.45, 7) is 5.50. The summed E-state index contributed by atoms with van der Waals surface area (Å²) >= 11 is 0. The highest BCUT2D eigenvalue weighted by Gasteiger charge is 2.32. The van der Waals surface area contributed by atoms with E-state index >= 15 is 0 Å². The van der Waals surface area contributed by atoms with Gasteiger partial charge in [0.1, 0.15) is 17.5 Å². The summed E-state index contributed by atoms with van der Waals surface area (Å²) in [5, 5.41) is 5.93. The Morgan fingerprint density at radius 3 is 2.53 bits per heavy atom. The van der Waals surface area contributed by atoms with Gasteiger partial charge in [-0.05, 0) is 31.9 Å². The lowest BCUT2D eigenvalue weighted by Gasteiger charge is -2.27. The first kappa shape index (κ1) is 21.4. The molecule has 0 atom stereocenters. The van der Waals surface area contributed by atoms with E-state index < -0.39 is 17.6 Å². The van der Waals surface area contributed by atoms with E-state index in [1.807, 2.05) is 0 Å². The van der Waals surface area contributed by atoms with Crippen LogP contribution in [0.4, 0.5) is 29.2 Å². The second-order valence-corrected chi connectivity index (χ2v) is 6.54. The number of aliphatic imine (C=N–C) groups is 1. The average Bonchev–Trinajstić information content (AvgIpc) is 2.64. The van der Waals surface area contributed by atoms with Crippen LogP contribution in [-0.2, 0) is 4.74 Å². The summed E-state index contributed by atoms with van der Waals surface area (Å²) < 4.78 is 58.6. The molecule has 30 heavy (non-hydrogen) atoms. The van der Waals surface area contributed by atoms with Crippen LogP contribution in [0.5, 0.6) is 0 Å². The molecule has 0 aliphatic carbocycles. The normalized spacial score (nSPS) is 15.5. The van der Waals surface area contributed by atoms with Crippen molar-refractivity contribution < 1.29 is 22.3 Å². The third-order valence-electron chi connectivity index (χ3n) is 4.09. The van der Waals surface area contributed by atoms with Crippen LogP contribution in [0, 0.1) is 5.82 Å². The lowest BCUT2D eigenvalue weighted by molar-refractivity contribution is -0.0884. The summed E-state index contributed by atoms with van der Waals surface area (Å²) in [7, 11) is 0. The zero-order valence-electron chi connectivity index (χ0n) is 16.0. The molecule has 0 unspecified atom stereocenters. The lowest BCUT2D eigenvalue weighted by Crippen LogP contribution is -2.40. The maximum absolute atomic E-state index is 14.2. The molecule has 2 aromatic rings. The molecular weight excluding hydrogens is 402 g/mol. The van der Waals surface area contributed by atoms with E-state index in [1.54, 1.807) is 6.07 Å². The Balaban J connectivity index is 1.94. The van der Waals surface area contributed by atoms with Crippen LogP contribution in [0.3, 0.4) is 0 Å². The number of halogens is 4. The molecule has 10 heteroatoms. The van der Waals surface area contributed by atoms with Crippen molar-refractivity contribution >= 4 is 18.4 Å². The maximum Gasteiger partial charge on any atom is 0.417 e. The van der Waals surface area contributed by atoms with Crippen LogP contribution in [0.1, 0.15) is 6.92 Å². The minimum Gasteiger partial charge on any atom is -0.377 e. The molecule has 0 saturated carbocycles. The number of rotatable bonds is 7. The van der Waals surface area contributed by atoms with Gasteiger partial charge in [-0.25, -0.2) is 14.4 Å². The second kappa shape index (κ2) is 9.04. The Morgan fingerprint density at radius 2 is 1.93 bits per heavy atom. The molecule has 6 nitrogen and oxygen atoms in total. The standard InChI is InChI=1S/C20H19F4N5O/c1-12(7-13(9-25-2)20(22,23)24)26-17-8-18(27-14-10-30-11-14)29-19(28-17)15-5-3-4-6-16(15)21/h3-9,14H,2,10-11H2,1H3,(H2,26,27,28,29)/b12-7+,13-9+. The molecule has 0 radical (unpaired) electrons. The van der Waals surface area contributed by atoms with Gasteiger partial charge in [-0.2, -0.15) is 13.2 Å². The van der Waals surface area contributed by atoms with Crippen molar-refractivity contribution in [3.8, 4) is 11.4 Å². The van der Waals surface area contributed by atoms with Gasteiger partial charge in [0, 0.05) is 18.0 Å². The highest BCUT2D eigenvalue weighted by molar-refractivity contribution is 5.63. The first-order valence-electron chi connectivity index (χ1n) is 8.93. The Hall–Kier alpha value is -3.27. The Morgan fingerprint density at radius 1 is 1.23 bits per heavy atom. The maximum atomic E-state index is 14.2. The number of benzene rings is 1. The van der Waals surface area contributed by atoms with Crippen molar-refractivity contribution in [2.24, 2.45) is 4.99 Å². The van der Waals surface area contributed by atoms with E-state index in [1.165, 1.54) is 31.2 Å². The molecule has 3 rings (SSSR count). The topological polar surface area (TPSA) is 71.4 Å². The molecule has 0 amide bonds. The number of hydrogen-bond acceptors (Lipinski definition) is 6. The van der Waals surface area contributed by atoms with Gasteiger partial charge in [0.25, 0.3) is 0 Å². The van der Waals surface area contributed by atoms with Gasteiger partial charge in [0.15, 0.2) is 5.82 Å². The number of nitrogens with zero attached hydrogens (tertiary/aromatic N) is 3. The monoisotopic (exact) mass is 421 g/mol. The molecule has 2 N–H and O–H groups in total. The van der Waals surface area contributed by atoms with Crippen molar-refractivity contribution in [3.05, 3.63) is 59.7 Å². The summed E-state index contributed by atoms with van der Waals surface area (Å²) in [5.74, 6) is 0.172. The van der Waals surface area contributed by atoms with Crippen LogP contribution in [0.2, 0.25) is 0 Å². The first-order valence-corrected chi connectivity index (χ1v) is 8.93. The van der Waals surface area contributed by atoms with E-state index in [4.69, 9.17) is 4.74 Å². The molecule has 1 aliphatic heterocycles. The molecule has 158 valence electrons. The second-order valence-electron chi connectivity index (χ2n) is 6.54. The Bertz CT molecular complexity index is 983. The smallest absolute Gasteiger partial charge is 0.377 e. The van der Waals surface area contributed by atoms with Gasteiger partial charge in [-0.15, -0.1) is 0 Å². The number of aromatic nitrogens is 2. The third kappa shape index (κ3) is 5.41. The fourth-order valence-corrected chi connectivity index (χ4v) is 2.64. The molecule has 0 bridgehead atoms. The van der Waals surface area contributed by atoms with Crippen LogP contribution in [-0.4, -0.2) is 42.1 Å². The zero-order chi connectivity index (χ0) is 21.7. The van der Waals surface area contributed by atoms with Crippen LogP contribution >= 0.6 is 0 Å². The summed E-state index contributed by atoms with van der Waals surface area (Å²) in [4.78, 5) is 11.8. The minimum absolute atomic E-state index is 0.0382. The number of allylic oxidation sites excluding steroid dienone is 3. The molecule has 1 aromatic carbocycles. The quantitative estimate of drug-likeness (QED) is 0.390. The summed E-state index contributed by atoms with van der Waals surface area (Å²) in [5.41, 5.74) is -0.656.